The summed E-state index contributed by atoms with van der Waals surface area (Å²) in [6, 6.07) is 14.5. The van der Waals surface area contributed by atoms with E-state index in [0.29, 0.717) is 10.7 Å². The number of carbonyl (C=O) groups excluding carboxylic acids is 1. The molecule has 1 heterocycles. The summed E-state index contributed by atoms with van der Waals surface area (Å²) in [5, 5.41) is 15.1. The number of benzene rings is 2. The van der Waals surface area contributed by atoms with Gasteiger partial charge in [0.1, 0.15) is 5.75 Å². The second kappa shape index (κ2) is 6.98. The van der Waals surface area contributed by atoms with Crippen molar-refractivity contribution in [3.8, 4) is 11.8 Å². The van der Waals surface area contributed by atoms with Crippen molar-refractivity contribution in [3.63, 3.8) is 0 Å². The van der Waals surface area contributed by atoms with Crippen LogP contribution in [-0.2, 0) is 4.79 Å². The molecule has 2 aromatic carbocycles. The van der Waals surface area contributed by atoms with E-state index in [1.807, 2.05) is 24.3 Å². The third-order valence-corrected chi connectivity index (χ3v) is 4.24. The Balaban J connectivity index is 1.61. The standard InChI is InChI=1S/C17H14N4O2S/c1-23-13-6-7-14-15(8-13)24-17(20-14)21-16(22)10-19-12-4-2-11(9-18)3-5-12/h2-8,19H,10H2,1H3,(H,20,21,22). The number of thiazole rings is 1. The van der Waals surface area contributed by atoms with Crippen LogP contribution >= 0.6 is 11.3 Å². The minimum atomic E-state index is -0.189. The zero-order chi connectivity index (χ0) is 16.9. The molecule has 1 aromatic heterocycles. The zero-order valence-corrected chi connectivity index (χ0v) is 13.7. The number of aromatic nitrogens is 1. The van der Waals surface area contributed by atoms with E-state index in [2.05, 4.69) is 15.6 Å². The second-order valence-electron chi connectivity index (χ2n) is 4.94. The third-order valence-electron chi connectivity index (χ3n) is 3.31. The van der Waals surface area contributed by atoms with Gasteiger partial charge in [0, 0.05) is 5.69 Å². The molecule has 1 amide bonds. The number of fused-ring (bicyclic) bond motifs is 1. The Labute approximate surface area is 142 Å². The average Bonchev–Trinajstić information content (AvgIpc) is 3.01. The Hall–Kier alpha value is -3.11. The van der Waals surface area contributed by atoms with Crippen LogP contribution in [0.25, 0.3) is 10.2 Å². The Morgan fingerprint density at radius 3 is 2.79 bits per heavy atom. The maximum absolute atomic E-state index is 12.0. The molecule has 0 aliphatic heterocycles. The summed E-state index contributed by atoms with van der Waals surface area (Å²) < 4.78 is 6.13. The van der Waals surface area contributed by atoms with Crippen molar-refractivity contribution in [2.75, 3.05) is 24.3 Å². The summed E-state index contributed by atoms with van der Waals surface area (Å²) in [6.45, 7) is 0.116. The van der Waals surface area contributed by atoms with Gasteiger partial charge >= 0.3 is 0 Å². The number of anilines is 2. The van der Waals surface area contributed by atoms with Crippen molar-refractivity contribution in [2.45, 2.75) is 0 Å². The van der Waals surface area contributed by atoms with Crippen LogP contribution in [0.15, 0.2) is 42.5 Å². The van der Waals surface area contributed by atoms with E-state index in [4.69, 9.17) is 10.00 Å². The molecule has 2 N–H and O–H groups in total. The van der Waals surface area contributed by atoms with Gasteiger partial charge in [-0.25, -0.2) is 4.98 Å². The number of nitrogens with zero attached hydrogens (tertiary/aromatic N) is 2. The summed E-state index contributed by atoms with van der Waals surface area (Å²) in [4.78, 5) is 16.4. The van der Waals surface area contributed by atoms with Gasteiger partial charge in [0.15, 0.2) is 5.13 Å². The highest BCUT2D eigenvalue weighted by molar-refractivity contribution is 7.22. The van der Waals surface area contributed by atoms with E-state index in [1.54, 1.807) is 31.4 Å². The van der Waals surface area contributed by atoms with Gasteiger partial charge in [-0.05, 0) is 42.5 Å². The van der Waals surface area contributed by atoms with Crippen LogP contribution < -0.4 is 15.4 Å². The summed E-state index contributed by atoms with van der Waals surface area (Å²) in [5.74, 6) is 0.567. The van der Waals surface area contributed by atoms with Gasteiger partial charge in [0.25, 0.3) is 0 Å². The maximum Gasteiger partial charge on any atom is 0.245 e. The number of hydrogen-bond acceptors (Lipinski definition) is 6. The molecule has 0 radical (unpaired) electrons. The van der Waals surface area contributed by atoms with Gasteiger partial charge in [-0.3, -0.25) is 4.79 Å². The van der Waals surface area contributed by atoms with Crippen molar-refractivity contribution >= 4 is 38.3 Å². The molecular weight excluding hydrogens is 324 g/mol. The molecule has 0 saturated carbocycles. The molecule has 6 nitrogen and oxygen atoms in total. The normalized spacial score (nSPS) is 10.2. The molecule has 0 spiro atoms. The molecule has 0 saturated heterocycles. The predicted octanol–water partition coefficient (Wildman–Crippen LogP) is 3.23. The number of hydrogen-bond donors (Lipinski definition) is 2. The van der Waals surface area contributed by atoms with Gasteiger partial charge in [0.05, 0.1) is 35.5 Å². The number of carbonyl (C=O) groups is 1. The number of amides is 1. The topological polar surface area (TPSA) is 87.0 Å². The summed E-state index contributed by atoms with van der Waals surface area (Å²) in [6.07, 6.45) is 0. The van der Waals surface area contributed by atoms with Crippen LogP contribution in [0.3, 0.4) is 0 Å². The van der Waals surface area contributed by atoms with E-state index < -0.39 is 0 Å². The lowest BCUT2D eigenvalue weighted by Gasteiger charge is -2.05. The molecule has 3 aromatic rings. The van der Waals surface area contributed by atoms with Crippen molar-refractivity contribution in [1.82, 2.24) is 4.98 Å². The second-order valence-corrected chi connectivity index (χ2v) is 5.97. The fraction of sp³-hybridized carbons (Fsp3) is 0.118. The van der Waals surface area contributed by atoms with E-state index in [1.165, 1.54) is 11.3 Å². The number of nitrogens with one attached hydrogen (secondary N) is 2. The van der Waals surface area contributed by atoms with Gasteiger partial charge in [0.2, 0.25) is 5.91 Å². The number of nitriles is 1. The smallest absolute Gasteiger partial charge is 0.245 e. The van der Waals surface area contributed by atoms with E-state index in [-0.39, 0.29) is 12.5 Å². The summed E-state index contributed by atoms with van der Waals surface area (Å²) in [5.41, 5.74) is 2.17. The van der Waals surface area contributed by atoms with Crippen LogP contribution in [-0.4, -0.2) is 24.5 Å². The van der Waals surface area contributed by atoms with Crippen molar-refractivity contribution in [3.05, 3.63) is 48.0 Å². The quantitative estimate of drug-likeness (QED) is 0.746. The molecule has 24 heavy (non-hydrogen) atoms. The molecule has 120 valence electrons. The average molecular weight is 338 g/mol. The Morgan fingerprint density at radius 2 is 2.08 bits per heavy atom. The van der Waals surface area contributed by atoms with Crippen molar-refractivity contribution in [2.24, 2.45) is 0 Å². The van der Waals surface area contributed by atoms with E-state index >= 15 is 0 Å². The van der Waals surface area contributed by atoms with Crippen molar-refractivity contribution < 1.29 is 9.53 Å². The fourth-order valence-electron chi connectivity index (χ4n) is 2.09. The lowest BCUT2D eigenvalue weighted by atomic mass is 10.2. The van der Waals surface area contributed by atoms with Crippen LogP contribution in [0.2, 0.25) is 0 Å². The minimum Gasteiger partial charge on any atom is -0.497 e. The SMILES string of the molecule is COc1ccc2nc(NC(=O)CNc3ccc(C#N)cc3)sc2c1. The Bertz CT molecular complexity index is 912. The van der Waals surface area contributed by atoms with Gasteiger partial charge in [-0.15, -0.1) is 0 Å². The highest BCUT2D eigenvalue weighted by Crippen LogP contribution is 2.29. The summed E-state index contributed by atoms with van der Waals surface area (Å²) in [7, 11) is 1.61. The van der Waals surface area contributed by atoms with Gasteiger partial charge in [-0.1, -0.05) is 11.3 Å². The minimum absolute atomic E-state index is 0.116. The van der Waals surface area contributed by atoms with Crippen LogP contribution in [0.1, 0.15) is 5.56 Å². The molecule has 0 aliphatic carbocycles. The lowest BCUT2D eigenvalue weighted by Crippen LogP contribution is -2.21. The number of methoxy groups -OCH3 is 1. The zero-order valence-electron chi connectivity index (χ0n) is 12.9. The molecule has 7 heteroatoms. The van der Waals surface area contributed by atoms with E-state index in [0.717, 1.165) is 21.7 Å². The highest BCUT2D eigenvalue weighted by Gasteiger charge is 2.08. The molecule has 0 fully saturated rings. The highest BCUT2D eigenvalue weighted by atomic mass is 32.1. The first-order chi connectivity index (χ1) is 11.7. The number of rotatable bonds is 5. The monoisotopic (exact) mass is 338 g/mol. The first-order valence-electron chi connectivity index (χ1n) is 7.16. The summed E-state index contributed by atoms with van der Waals surface area (Å²) >= 11 is 1.39. The molecule has 0 atom stereocenters. The van der Waals surface area contributed by atoms with Crippen LogP contribution in [0, 0.1) is 11.3 Å². The molecule has 3 rings (SSSR count). The van der Waals surface area contributed by atoms with Crippen molar-refractivity contribution in [1.29, 1.82) is 5.26 Å². The molecule has 0 aliphatic rings. The van der Waals surface area contributed by atoms with Gasteiger partial charge in [-0.2, -0.15) is 5.26 Å². The number of ether oxygens (including phenoxy) is 1. The first kappa shape index (κ1) is 15.8. The molecule has 0 unspecified atom stereocenters. The fourth-order valence-corrected chi connectivity index (χ4v) is 3.00. The molecule has 0 bridgehead atoms. The third kappa shape index (κ3) is 3.62. The Kier molecular flexibility index (Phi) is 4.59. The van der Waals surface area contributed by atoms with Gasteiger partial charge < -0.3 is 15.4 Å². The predicted molar refractivity (Wildman–Crippen MR) is 94.4 cm³/mol. The maximum atomic E-state index is 12.0. The first-order valence-corrected chi connectivity index (χ1v) is 7.98. The molecular formula is C17H14N4O2S. The van der Waals surface area contributed by atoms with Crippen LogP contribution in [0.4, 0.5) is 10.8 Å². The van der Waals surface area contributed by atoms with E-state index in [9.17, 15) is 4.79 Å². The Morgan fingerprint density at radius 1 is 1.29 bits per heavy atom. The largest absolute Gasteiger partial charge is 0.497 e. The lowest BCUT2D eigenvalue weighted by molar-refractivity contribution is -0.114. The van der Waals surface area contributed by atoms with Crippen LogP contribution in [0.5, 0.6) is 5.75 Å².